The van der Waals surface area contributed by atoms with Gasteiger partial charge < -0.3 is 4.74 Å². The Morgan fingerprint density at radius 1 is 1.31 bits per heavy atom. The largest absolute Gasteiger partial charge is 0.490 e. The minimum Gasteiger partial charge on any atom is -0.490 e. The number of benzene rings is 1. The molecule has 1 fully saturated rings. The van der Waals surface area contributed by atoms with Gasteiger partial charge in [-0.15, -0.1) is 0 Å². The summed E-state index contributed by atoms with van der Waals surface area (Å²) in [5.41, 5.74) is 0.189. The second-order valence-electron chi connectivity index (χ2n) is 3.86. The Kier molecular flexibility index (Phi) is 3.15. The van der Waals surface area contributed by atoms with Crippen LogP contribution in [0, 0.1) is 0 Å². The van der Waals surface area contributed by atoms with Crippen molar-refractivity contribution in [3.63, 3.8) is 0 Å². The van der Waals surface area contributed by atoms with E-state index in [4.69, 9.17) is 4.74 Å². The molecular formula is C11H10BrF3O. The summed E-state index contributed by atoms with van der Waals surface area (Å²) in [4.78, 5) is 0. The van der Waals surface area contributed by atoms with E-state index in [1.807, 2.05) is 0 Å². The summed E-state index contributed by atoms with van der Waals surface area (Å²) in [5.74, 6) is 0.350. The van der Waals surface area contributed by atoms with E-state index >= 15 is 0 Å². The van der Waals surface area contributed by atoms with E-state index in [1.54, 1.807) is 12.1 Å². The fourth-order valence-corrected chi connectivity index (χ4v) is 1.79. The number of ether oxygens (including phenoxy) is 1. The molecule has 1 aromatic carbocycles. The van der Waals surface area contributed by atoms with Crippen molar-refractivity contribution in [2.75, 3.05) is 0 Å². The Morgan fingerprint density at radius 2 is 2.00 bits per heavy atom. The van der Waals surface area contributed by atoms with Gasteiger partial charge >= 0.3 is 6.18 Å². The fraction of sp³-hybridized carbons (Fsp3) is 0.455. The van der Waals surface area contributed by atoms with Gasteiger partial charge in [0.1, 0.15) is 5.75 Å². The SMILES string of the molecule is FC(F)(F)Cc1cc(Br)ccc1OC1CC1. The highest BCUT2D eigenvalue weighted by Gasteiger charge is 2.31. The first-order chi connectivity index (χ1) is 7.44. The van der Waals surface area contributed by atoms with E-state index in [9.17, 15) is 13.2 Å². The third-order valence-electron chi connectivity index (χ3n) is 2.23. The second-order valence-corrected chi connectivity index (χ2v) is 4.78. The minimum absolute atomic E-state index is 0.105. The van der Waals surface area contributed by atoms with Crippen molar-refractivity contribution in [2.24, 2.45) is 0 Å². The van der Waals surface area contributed by atoms with Crippen LogP contribution >= 0.6 is 15.9 Å². The molecule has 1 aliphatic carbocycles. The number of hydrogen-bond donors (Lipinski definition) is 0. The van der Waals surface area contributed by atoms with Crippen LogP contribution in [-0.4, -0.2) is 12.3 Å². The topological polar surface area (TPSA) is 9.23 Å². The third-order valence-corrected chi connectivity index (χ3v) is 2.72. The molecule has 0 bridgehead atoms. The third kappa shape index (κ3) is 3.40. The average Bonchev–Trinajstić information content (AvgIpc) is 2.91. The molecule has 0 saturated heterocycles. The highest BCUT2D eigenvalue weighted by Crippen LogP contribution is 2.34. The van der Waals surface area contributed by atoms with Crippen LogP contribution in [-0.2, 0) is 6.42 Å². The number of halogens is 4. The highest BCUT2D eigenvalue weighted by atomic mass is 79.9. The lowest BCUT2D eigenvalue weighted by molar-refractivity contribution is -0.127. The first-order valence-electron chi connectivity index (χ1n) is 4.96. The second kappa shape index (κ2) is 4.28. The number of hydrogen-bond acceptors (Lipinski definition) is 1. The highest BCUT2D eigenvalue weighted by molar-refractivity contribution is 9.10. The van der Waals surface area contributed by atoms with E-state index in [0.29, 0.717) is 10.2 Å². The molecule has 0 atom stereocenters. The van der Waals surface area contributed by atoms with Gasteiger partial charge in [-0.25, -0.2) is 0 Å². The van der Waals surface area contributed by atoms with E-state index < -0.39 is 12.6 Å². The lowest BCUT2D eigenvalue weighted by atomic mass is 10.1. The van der Waals surface area contributed by atoms with Crippen molar-refractivity contribution in [1.82, 2.24) is 0 Å². The summed E-state index contributed by atoms with van der Waals surface area (Å²) in [5, 5.41) is 0. The molecular weight excluding hydrogens is 285 g/mol. The van der Waals surface area contributed by atoms with Crippen molar-refractivity contribution < 1.29 is 17.9 Å². The standard InChI is InChI=1S/C11H10BrF3O/c12-8-1-4-10(16-9-2-3-9)7(5-8)6-11(13,14)15/h1,4-5,9H,2-3,6H2. The van der Waals surface area contributed by atoms with Crippen LogP contribution in [0.3, 0.4) is 0 Å². The van der Waals surface area contributed by atoms with E-state index in [2.05, 4.69) is 15.9 Å². The Morgan fingerprint density at radius 3 is 2.56 bits per heavy atom. The van der Waals surface area contributed by atoms with Gasteiger partial charge in [-0.2, -0.15) is 13.2 Å². The lowest BCUT2D eigenvalue weighted by Crippen LogP contribution is -2.13. The summed E-state index contributed by atoms with van der Waals surface area (Å²) in [6, 6.07) is 4.74. The molecule has 0 amide bonds. The van der Waals surface area contributed by atoms with Crippen molar-refractivity contribution in [3.05, 3.63) is 28.2 Å². The average molecular weight is 295 g/mol. The molecule has 0 spiro atoms. The summed E-state index contributed by atoms with van der Waals surface area (Å²) < 4.78 is 43.1. The van der Waals surface area contributed by atoms with Gasteiger partial charge in [-0.1, -0.05) is 15.9 Å². The zero-order valence-electron chi connectivity index (χ0n) is 8.35. The van der Waals surface area contributed by atoms with Crippen LogP contribution in [0.1, 0.15) is 18.4 Å². The zero-order chi connectivity index (χ0) is 11.8. The number of rotatable bonds is 3. The van der Waals surface area contributed by atoms with Crippen molar-refractivity contribution in [2.45, 2.75) is 31.5 Å². The smallest absolute Gasteiger partial charge is 0.393 e. The van der Waals surface area contributed by atoms with Crippen LogP contribution in [0.5, 0.6) is 5.75 Å². The van der Waals surface area contributed by atoms with E-state index in [1.165, 1.54) is 6.07 Å². The van der Waals surface area contributed by atoms with Crippen LogP contribution in [0.2, 0.25) is 0 Å². The van der Waals surface area contributed by atoms with Gasteiger partial charge in [-0.05, 0) is 31.0 Å². The summed E-state index contributed by atoms with van der Waals surface area (Å²) in [6.07, 6.45) is -3.19. The van der Waals surface area contributed by atoms with Crippen molar-refractivity contribution >= 4 is 15.9 Å². The molecule has 5 heteroatoms. The van der Waals surface area contributed by atoms with Crippen LogP contribution in [0.4, 0.5) is 13.2 Å². The first-order valence-corrected chi connectivity index (χ1v) is 5.75. The van der Waals surface area contributed by atoms with Gasteiger partial charge in [0.05, 0.1) is 12.5 Å². The monoisotopic (exact) mass is 294 g/mol. The molecule has 0 N–H and O–H groups in total. The summed E-state index contributed by atoms with van der Waals surface area (Å²) in [6.45, 7) is 0. The van der Waals surface area contributed by atoms with E-state index in [0.717, 1.165) is 12.8 Å². The molecule has 0 aromatic heterocycles. The summed E-state index contributed by atoms with van der Waals surface area (Å²) in [7, 11) is 0. The van der Waals surface area contributed by atoms with Crippen molar-refractivity contribution in [1.29, 1.82) is 0 Å². The predicted octanol–water partition coefficient (Wildman–Crippen LogP) is 4.10. The molecule has 0 radical (unpaired) electrons. The van der Waals surface area contributed by atoms with Gasteiger partial charge in [0.15, 0.2) is 0 Å². The Bertz CT molecular complexity index is 385. The van der Waals surface area contributed by atoms with Crippen molar-refractivity contribution in [3.8, 4) is 5.75 Å². The quantitative estimate of drug-likeness (QED) is 0.816. The first kappa shape index (κ1) is 11.8. The molecule has 1 saturated carbocycles. The summed E-state index contributed by atoms with van der Waals surface area (Å²) >= 11 is 3.16. The lowest BCUT2D eigenvalue weighted by Gasteiger charge is -2.13. The minimum atomic E-state index is -4.21. The van der Waals surface area contributed by atoms with Gasteiger partial charge in [0.2, 0.25) is 0 Å². The van der Waals surface area contributed by atoms with Gasteiger partial charge in [0.25, 0.3) is 0 Å². The van der Waals surface area contributed by atoms with E-state index in [-0.39, 0.29) is 11.7 Å². The molecule has 0 aliphatic heterocycles. The van der Waals surface area contributed by atoms with Crippen LogP contribution in [0.25, 0.3) is 0 Å². The molecule has 1 aromatic rings. The molecule has 0 unspecified atom stereocenters. The maximum absolute atomic E-state index is 12.3. The predicted molar refractivity (Wildman–Crippen MR) is 57.6 cm³/mol. The van der Waals surface area contributed by atoms with Crippen LogP contribution < -0.4 is 4.74 Å². The molecule has 1 nitrogen and oxygen atoms in total. The Balaban J connectivity index is 2.20. The molecule has 2 rings (SSSR count). The molecule has 16 heavy (non-hydrogen) atoms. The molecule has 1 aliphatic rings. The Labute approximate surface area is 99.7 Å². The zero-order valence-corrected chi connectivity index (χ0v) is 9.94. The molecule has 0 heterocycles. The maximum atomic E-state index is 12.3. The number of alkyl halides is 3. The van der Waals surface area contributed by atoms with Gasteiger partial charge in [-0.3, -0.25) is 0 Å². The van der Waals surface area contributed by atoms with Gasteiger partial charge in [0, 0.05) is 10.0 Å². The molecule has 88 valence electrons. The van der Waals surface area contributed by atoms with Crippen LogP contribution in [0.15, 0.2) is 22.7 Å². The fourth-order valence-electron chi connectivity index (χ4n) is 1.38. The maximum Gasteiger partial charge on any atom is 0.393 e. The normalized spacial score (nSPS) is 16.2. The Hall–Kier alpha value is -0.710.